The van der Waals surface area contributed by atoms with Crippen molar-refractivity contribution in [1.82, 2.24) is 0 Å². The van der Waals surface area contributed by atoms with Gasteiger partial charge in [-0.05, 0) is 72.6 Å². The van der Waals surface area contributed by atoms with Gasteiger partial charge in [0.2, 0.25) is 18.0 Å². The third-order valence-corrected chi connectivity index (χ3v) is 23.0. The van der Waals surface area contributed by atoms with Crippen molar-refractivity contribution in [2.75, 3.05) is 39.6 Å². The highest BCUT2D eigenvalue weighted by molar-refractivity contribution is 6.77. The molecule has 1 aromatic rings. The minimum absolute atomic E-state index is 0.00657. The van der Waals surface area contributed by atoms with Gasteiger partial charge in [-0.1, -0.05) is 160 Å². The van der Waals surface area contributed by atoms with Crippen molar-refractivity contribution in [2.24, 2.45) is 5.92 Å². The van der Waals surface area contributed by atoms with Gasteiger partial charge in [-0.3, -0.25) is 9.69 Å². The normalized spacial score (nSPS) is 15.5. The average molecular weight is 946 g/mol. The topological polar surface area (TPSA) is 75.7 Å². The van der Waals surface area contributed by atoms with Crippen molar-refractivity contribution in [3.63, 3.8) is 0 Å². The molecule has 348 valence electrons. The van der Waals surface area contributed by atoms with Crippen LogP contribution in [-0.4, -0.2) is 79.3 Å². The van der Waals surface area contributed by atoms with Gasteiger partial charge in [-0.2, -0.15) is 0 Å². The highest BCUT2D eigenvalue weighted by Gasteiger charge is 2.49. The van der Waals surface area contributed by atoms with Crippen LogP contribution in [0.4, 0.5) is 5.69 Å². The number of amides is 1. The second-order valence-corrected chi connectivity index (χ2v) is 31.0. The van der Waals surface area contributed by atoms with Crippen molar-refractivity contribution in [3.8, 4) is 11.5 Å². The average Bonchev–Trinajstić information content (AvgIpc) is 3.16. The molecule has 0 aliphatic rings. The number of hydrogen-bond acceptors (Lipinski definition) is 7. The highest BCUT2D eigenvalue weighted by Crippen LogP contribution is 2.46. The van der Waals surface area contributed by atoms with Crippen LogP contribution in [0.15, 0.2) is 73.4 Å². The van der Waals surface area contributed by atoms with Crippen LogP contribution in [0.1, 0.15) is 101 Å². The van der Waals surface area contributed by atoms with E-state index in [1.807, 2.05) is 18.2 Å². The Morgan fingerprint density at radius 3 is 1.95 bits per heavy atom. The number of nitrogens with zero attached hydrogens (tertiary/aromatic N) is 1. The SMILES string of the molecule is C=C/C=C/C[C@H](O[Si](C)(C)C(C)(C)C)[C@H](C)[C@@H](O[Si](C(C)C)(C(C)C)C(C)C)/C(C)=C\CCc1cc(OC)cc(N(COCC(Cl)(Cl)Cl)C(=O)C[C@H](/C=C/C=C)OC)c1OC. The molecule has 0 heterocycles. The van der Waals surface area contributed by atoms with Gasteiger partial charge in [-0.15, -0.1) is 0 Å². The first kappa shape index (κ1) is 57.2. The van der Waals surface area contributed by atoms with E-state index in [-0.39, 0.29) is 48.8 Å². The minimum Gasteiger partial charge on any atom is -0.497 e. The number of alkyl halides is 3. The van der Waals surface area contributed by atoms with Crippen LogP contribution in [0.3, 0.4) is 0 Å². The standard InChI is InChI=1S/C48H80Cl3NO7Si2/c1-19-21-23-28-43(58-60(17,18)47(11,12)13)38(10)45(59-61(34(3)4,35(5)6)36(7)8)37(9)25-24-26-39-29-41(55-15)30-42(46(39)56-16)52(33-57-32-48(49,50)51)44(53)31-40(54-14)27-22-20-2/h19-23,25,27,29-30,34-36,38,40,43,45H,1-2,24,26,28,31-33H2,3-18H3/b23-21+,27-22+,37-25-/t38-,40-,43-,45-/m0/s1. The molecule has 0 aromatic heterocycles. The summed E-state index contributed by atoms with van der Waals surface area (Å²) in [7, 11) is 0.217. The Hall–Kier alpha value is -1.87. The van der Waals surface area contributed by atoms with E-state index in [0.717, 1.165) is 12.0 Å². The second-order valence-electron chi connectivity index (χ2n) is 18.4. The molecule has 61 heavy (non-hydrogen) atoms. The van der Waals surface area contributed by atoms with Gasteiger partial charge in [0.1, 0.15) is 18.2 Å². The molecule has 1 rings (SSSR count). The Balaban J connectivity index is 3.94. The Morgan fingerprint density at radius 2 is 1.48 bits per heavy atom. The molecule has 0 unspecified atom stereocenters. The summed E-state index contributed by atoms with van der Waals surface area (Å²) in [6, 6.07) is 3.70. The first-order valence-electron chi connectivity index (χ1n) is 21.6. The summed E-state index contributed by atoms with van der Waals surface area (Å²) in [6.45, 7) is 37.2. The van der Waals surface area contributed by atoms with Gasteiger partial charge in [0.05, 0.1) is 51.2 Å². The summed E-state index contributed by atoms with van der Waals surface area (Å²) in [4.78, 5) is 15.5. The van der Waals surface area contributed by atoms with Crippen LogP contribution in [0, 0.1) is 5.92 Å². The fraction of sp³-hybridized carbons (Fsp3) is 0.646. The van der Waals surface area contributed by atoms with Crippen LogP contribution >= 0.6 is 34.8 Å². The maximum absolute atomic E-state index is 14.1. The van der Waals surface area contributed by atoms with Gasteiger partial charge < -0.3 is 27.8 Å². The molecule has 0 fully saturated rings. The van der Waals surface area contributed by atoms with E-state index in [2.05, 4.69) is 115 Å². The number of aryl methyl sites for hydroxylation is 1. The maximum Gasteiger partial charge on any atom is 0.231 e. The molecule has 13 heteroatoms. The smallest absolute Gasteiger partial charge is 0.231 e. The van der Waals surface area contributed by atoms with Crippen LogP contribution in [0.25, 0.3) is 0 Å². The number of ether oxygens (including phenoxy) is 4. The molecular formula is C48H80Cl3NO7Si2. The highest BCUT2D eigenvalue weighted by atomic mass is 35.6. The van der Waals surface area contributed by atoms with Crippen LogP contribution in [0.2, 0.25) is 34.8 Å². The number of allylic oxidation sites excluding steroid dienone is 5. The number of benzene rings is 1. The molecular weight excluding hydrogens is 865 g/mol. The monoisotopic (exact) mass is 943 g/mol. The second kappa shape index (κ2) is 26.2. The fourth-order valence-electron chi connectivity index (χ4n) is 7.87. The molecule has 0 spiro atoms. The predicted molar refractivity (Wildman–Crippen MR) is 266 cm³/mol. The summed E-state index contributed by atoms with van der Waals surface area (Å²) in [5.74, 6) is 0.815. The first-order chi connectivity index (χ1) is 28.3. The summed E-state index contributed by atoms with van der Waals surface area (Å²) in [5, 5.41) is 0.0403. The lowest BCUT2D eigenvalue weighted by Crippen LogP contribution is -2.54. The van der Waals surface area contributed by atoms with E-state index >= 15 is 0 Å². The van der Waals surface area contributed by atoms with Gasteiger partial charge in [0.25, 0.3) is 0 Å². The lowest BCUT2D eigenvalue weighted by atomic mass is 9.90. The van der Waals surface area contributed by atoms with E-state index in [1.165, 1.54) is 10.5 Å². The molecule has 0 saturated heterocycles. The Morgan fingerprint density at radius 1 is 0.885 bits per heavy atom. The number of carbonyl (C=O) groups is 1. The maximum atomic E-state index is 14.1. The number of methoxy groups -OCH3 is 3. The molecule has 0 aliphatic carbocycles. The first-order valence-corrected chi connectivity index (χ1v) is 27.8. The van der Waals surface area contributed by atoms with Crippen molar-refractivity contribution >= 4 is 63.0 Å². The molecule has 1 amide bonds. The van der Waals surface area contributed by atoms with Gasteiger partial charge in [0.15, 0.2) is 8.32 Å². The van der Waals surface area contributed by atoms with Gasteiger partial charge >= 0.3 is 0 Å². The van der Waals surface area contributed by atoms with Crippen LogP contribution in [-0.2, 0) is 29.5 Å². The van der Waals surface area contributed by atoms with E-state index in [0.29, 0.717) is 46.7 Å². The molecule has 0 aliphatic heterocycles. The number of carbonyl (C=O) groups excluding carboxylic acids is 1. The van der Waals surface area contributed by atoms with Gasteiger partial charge in [-0.25, -0.2) is 0 Å². The molecule has 0 radical (unpaired) electrons. The van der Waals surface area contributed by atoms with Crippen molar-refractivity contribution in [2.45, 2.75) is 159 Å². The van der Waals surface area contributed by atoms with E-state index in [9.17, 15) is 4.79 Å². The summed E-state index contributed by atoms with van der Waals surface area (Å²) in [5.41, 5.74) is 3.68. The Kier molecular flexibility index (Phi) is 24.5. The minimum atomic E-state index is -2.35. The Bertz CT molecular complexity index is 1590. The fourth-order valence-corrected chi connectivity index (χ4v) is 15.2. The van der Waals surface area contributed by atoms with Crippen molar-refractivity contribution in [1.29, 1.82) is 0 Å². The largest absolute Gasteiger partial charge is 0.497 e. The molecule has 4 atom stereocenters. The zero-order valence-corrected chi connectivity index (χ0v) is 44.6. The van der Waals surface area contributed by atoms with E-state index in [1.54, 1.807) is 45.6 Å². The molecule has 1 aromatic carbocycles. The summed E-state index contributed by atoms with van der Waals surface area (Å²) < 4.78 is 36.6. The molecule has 0 saturated carbocycles. The predicted octanol–water partition coefficient (Wildman–Crippen LogP) is 14.1. The zero-order chi connectivity index (χ0) is 46.9. The lowest BCUT2D eigenvalue weighted by molar-refractivity contribution is -0.121. The van der Waals surface area contributed by atoms with Crippen LogP contribution in [0.5, 0.6) is 11.5 Å². The number of hydrogen-bond donors (Lipinski definition) is 0. The number of rotatable bonds is 27. The number of anilines is 1. The molecule has 8 nitrogen and oxygen atoms in total. The van der Waals surface area contributed by atoms with Crippen molar-refractivity contribution in [3.05, 3.63) is 79.0 Å². The lowest BCUT2D eigenvalue weighted by Gasteiger charge is -2.48. The van der Waals surface area contributed by atoms with E-state index < -0.39 is 26.5 Å². The Labute approximate surface area is 388 Å². The van der Waals surface area contributed by atoms with Crippen molar-refractivity contribution < 1.29 is 32.6 Å². The van der Waals surface area contributed by atoms with E-state index in [4.69, 9.17) is 62.6 Å². The van der Waals surface area contributed by atoms with Gasteiger partial charge in [0, 0.05) is 24.7 Å². The van der Waals surface area contributed by atoms with Crippen LogP contribution < -0.4 is 14.4 Å². The quantitative estimate of drug-likeness (QED) is 0.0286. The third-order valence-electron chi connectivity index (χ3n) is 12.1. The summed E-state index contributed by atoms with van der Waals surface area (Å²) >= 11 is 18.1. The number of halogens is 3. The molecule has 0 bridgehead atoms. The summed E-state index contributed by atoms with van der Waals surface area (Å²) in [6.07, 6.45) is 14.7. The third kappa shape index (κ3) is 17.2. The molecule has 0 N–H and O–H groups in total. The zero-order valence-electron chi connectivity index (χ0n) is 40.3.